The predicted octanol–water partition coefficient (Wildman–Crippen LogP) is 2.16. The first kappa shape index (κ1) is 9.75. The Balaban J connectivity index is 2.05. The average molecular weight is 214 g/mol. The third-order valence-electron chi connectivity index (χ3n) is 3.35. The molecule has 1 aromatic carbocycles. The summed E-state index contributed by atoms with van der Waals surface area (Å²) in [4.78, 5) is 9.49. The lowest BCUT2D eigenvalue weighted by Gasteiger charge is -2.13. The molecule has 0 radical (unpaired) electrons. The molecule has 1 aromatic heterocycles. The molecule has 16 heavy (non-hydrogen) atoms. The second kappa shape index (κ2) is 3.54. The van der Waals surface area contributed by atoms with Gasteiger partial charge in [-0.25, -0.2) is 5.90 Å². The Morgan fingerprint density at radius 3 is 2.75 bits per heavy atom. The highest BCUT2D eigenvalue weighted by molar-refractivity contribution is 5.78. The van der Waals surface area contributed by atoms with Crippen molar-refractivity contribution in [2.45, 2.75) is 18.3 Å². The van der Waals surface area contributed by atoms with Gasteiger partial charge in [0, 0.05) is 16.5 Å². The predicted molar refractivity (Wildman–Crippen MR) is 62.8 cm³/mol. The van der Waals surface area contributed by atoms with Crippen molar-refractivity contribution in [2.24, 2.45) is 5.90 Å². The van der Waals surface area contributed by atoms with Gasteiger partial charge in [-0.1, -0.05) is 24.3 Å². The number of hydrogen-bond acceptors (Lipinski definition) is 3. The molecule has 0 amide bonds. The van der Waals surface area contributed by atoms with E-state index < -0.39 is 0 Å². The molecule has 3 heteroatoms. The summed E-state index contributed by atoms with van der Waals surface area (Å²) in [7, 11) is 0. The number of pyridine rings is 1. The fourth-order valence-corrected chi connectivity index (χ4v) is 2.15. The minimum Gasteiger partial charge on any atom is -0.304 e. The molecule has 0 spiro atoms. The smallest absolute Gasteiger partial charge is 0.0791 e. The van der Waals surface area contributed by atoms with Gasteiger partial charge in [0.05, 0.1) is 12.1 Å². The number of benzene rings is 1. The number of fused-ring (bicyclic) bond motifs is 1. The molecule has 3 rings (SSSR count). The normalized spacial score (nSPS) is 17.6. The minimum absolute atomic E-state index is 0.0821. The Hall–Kier alpha value is -1.45. The largest absolute Gasteiger partial charge is 0.304 e. The second-order valence-corrected chi connectivity index (χ2v) is 4.48. The van der Waals surface area contributed by atoms with Gasteiger partial charge in [-0.15, -0.1) is 0 Å². The van der Waals surface area contributed by atoms with Gasteiger partial charge in [-0.3, -0.25) is 4.98 Å². The van der Waals surface area contributed by atoms with Crippen LogP contribution in [0.5, 0.6) is 0 Å². The van der Waals surface area contributed by atoms with Crippen LogP contribution in [0.25, 0.3) is 10.9 Å². The lowest BCUT2D eigenvalue weighted by molar-refractivity contribution is 0.115. The second-order valence-electron chi connectivity index (χ2n) is 4.48. The molecule has 1 saturated carbocycles. The molecule has 1 fully saturated rings. The summed E-state index contributed by atoms with van der Waals surface area (Å²) in [5, 5.41) is 1.18. The van der Waals surface area contributed by atoms with Gasteiger partial charge in [-0.2, -0.15) is 0 Å². The van der Waals surface area contributed by atoms with E-state index in [-0.39, 0.29) is 5.41 Å². The van der Waals surface area contributed by atoms with Crippen LogP contribution in [0, 0.1) is 0 Å². The van der Waals surface area contributed by atoms with Crippen LogP contribution >= 0.6 is 0 Å². The van der Waals surface area contributed by atoms with E-state index in [1.54, 1.807) is 0 Å². The van der Waals surface area contributed by atoms with Crippen LogP contribution in [-0.2, 0) is 10.3 Å². The van der Waals surface area contributed by atoms with Crippen molar-refractivity contribution in [3.63, 3.8) is 0 Å². The van der Waals surface area contributed by atoms with E-state index >= 15 is 0 Å². The Kier molecular flexibility index (Phi) is 2.16. The Bertz CT molecular complexity index is 520. The molecule has 2 N–H and O–H groups in total. The van der Waals surface area contributed by atoms with E-state index in [9.17, 15) is 0 Å². The zero-order chi connectivity index (χ0) is 11.0. The zero-order valence-electron chi connectivity index (χ0n) is 9.02. The Morgan fingerprint density at radius 2 is 2.00 bits per heavy atom. The maximum atomic E-state index is 5.18. The monoisotopic (exact) mass is 214 g/mol. The van der Waals surface area contributed by atoms with Gasteiger partial charge >= 0.3 is 0 Å². The molecule has 0 atom stereocenters. The van der Waals surface area contributed by atoms with Crippen molar-refractivity contribution in [2.75, 3.05) is 6.61 Å². The first-order valence-electron chi connectivity index (χ1n) is 5.52. The highest BCUT2D eigenvalue weighted by atomic mass is 16.6. The number of nitrogens with zero attached hydrogens (tertiary/aromatic N) is 1. The van der Waals surface area contributed by atoms with Crippen LogP contribution in [0.3, 0.4) is 0 Å². The van der Waals surface area contributed by atoms with Crippen LogP contribution in [-0.4, -0.2) is 11.6 Å². The van der Waals surface area contributed by atoms with Gasteiger partial charge < -0.3 is 4.84 Å². The Labute approximate surface area is 94.2 Å². The minimum atomic E-state index is 0.0821. The van der Waals surface area contributed by atoms with E-state index in [0.29, 0.717) is 6.61 Å². The van der Waals surface area contributed by atoms with Crippen molar-refractivity contribution in [1.82, 2.24) is 4.98 Å². The van der Waals surface area contributed by atoms with Crippen molar-refractivity contribution in [1.29, 1.82) is 0 Å². The molecule has 0 unspecified atom stereocenters. The maximum Gasteiger partial charge on any atom is 0.0791 e. The van der Waals surface area contributed by atoms with Crippen LogP contribution < -0.4 is 5.90 Å². The maximum absolute atomic E-state index is 5.18. The summed E-state index contributed by atoms with van der Waals surface area (Å²) in [5.74, 6) is 5.18. The van der Waals surface area contributed by atoms with Crippen molar-refractivity contribution >= 4 is 10.9 Å². The SMILES string of the molecule is NOCC1(c2ccc3ccccc3n2)CC1. The van der Waals surface area contributed by atoms with Gasteiger partial charge in [0.25, 0.3) is 0 Å². The standard InChI is InChI=1S/C13H14N2O/c14-16-9-13(7-8-13)12-6-5-10-3-1-2-4-11(10)15-12/h1-6H,7-9,14H2. The van der Waals surface area contributed by atoms with Crippen LogP contribution in [0.4, 0.5) is 0 Å². The van der Waals surface area contributed by atoms with Crippen LogP contribution in [0.1, 0.15) is 18.5 Å². The van der Waals surface area contributed by atoms with Gasteiger partial charge in [0.2, 0.25) is 0 Å². The number of aromatic nitrogens is 1. The topological polar surface area (TPSA) is 48.1 Å². The molecule has 1 aliphatic rings. The van der Waals surface area contributed by atoms with Gasteiger partial charge in [0.15, 0.2) is 0 Å². The zero-order valence-corrected chi connectivity index (χ0v) is 9.02. The molecule has 1 heterocycles. The fourth-order valence-electron chi connectivity index (χ4n) is 2.15. The molecule has 0 bridgehead atoms. The third-order valence-corrected chi connectivity index (χ3v) is 3.35. The van der Waals surface area contributed by atoms with Crippen molar-refractivity contribution < 1.29 is 4.84 Å². The molecular formula is C13H14N2O. The molecule has 0 saturated heterocycles. The first-order chi connectivity index (χ1) is 7.84. The van der Waals surface area contributed by atoms with Crippen LogP contribution in [0.2, 0.25) is 0 Å². The van der Waals surface area contributed by atoms with E-state index in [4.69, 9.17) is 15.7 Å². The molecule has 1 aliphatic carbocycles. The van der Waals surface area contributed by atoms with Crippen molar-refractivity contribution in [3.05, 3.63) is 42.1 Å². The lowest BCUT2D eigenvalue weighted by Crippen LogP contribution is -2.19. The van der Waals surface area contributed by atoms with E-state index in [1.165, 1.54) is 5.39 Å². The van der Waals surface area contributed by atoms with Crippen molar-refractivity contribution in [3.8, 4) is 0 Å². The molecule has 3 nitrogen and oxygen atoms in total. The quantitative estimate of drug-likeness (QED) is 0.796. The van der Waals surface area contributed by atoms with Gasteiger partial charge in [0.1, 0.15) is 0 Å². The Morgan fingerprint density at radius 1 is 1.19 bits per heavy atom. The average Bonchev–Trinajstić information content (AvgIpc) is 3.10. The summed E-state index contributed by atoms with van der Waals surface area (Å²) < 4.78 is 0. The summed E-state index contributed by atoms with van der Waals surface area (Å²) in [6, 6.07) is 12.4. The summed E-state index contributed by atoms with van der Waals surface area (Å²) in [6.07, 6.45) is 2.24. The summed E-state index contributed by atoms with van der Waals surface area (Å²) >= 11 is 0. The number of hydrogen-bond donors (Lipinski definition) is 1. The lowest BCUT2D eigenvalue weighted by atomic mass is 10.0. The first-order valence-corrected chi connectivity index (χ1v) is 5.52. The van der Waals surface area contributed by atoms with Gasteiger partial charge in [-0.05, 0) is 25.0 Å². The van der Waals surface area contributed by atoms with Crippen LogP contribution in [0.15, 0.2) is 36.4 Å². The molecule has 82 valence electrons. The summed E-state index contributed by atoms with van der Waals surface area (Å²) in [6.45, 7) is 0.568. The number of nitrogens with two attached hydrogens (primary N) is 1. The summed E-state index contributed by atoms with van der Waals surface area (Å²) in [5.41, 5.74) is 2.23. The fraction of sp³-hybridized carbons (Fsp3) is 0.308. The molecular weight excluding hydrogens is 200 g/mol. The third kappa shape index (κ3) is 1.49. The van der Waals surface area contributed by atoms with E-state index in [2.05, 4.69) is 18.2 Å². The number of rotatable bonds is 3. The highest BCUT2D eigenvalue weighted by Gasteiger charge is 2.46. The molecule has 0 aliphatic heterocycles. The number of para-hydroxylation sites is 1. The highest BCUT2D eigenvalue weighted by Crippen LogP contribution is 2.47. The van der Waals surface area contributed by atoms with E-state index in [0.717, 1.165) is 24.1 Å². The van der Waals surface area contributed by atoms with E-state index in [1.807, 2.05) is 18.2 Å². The molecule has 2 aromatic rings.